The highest BCUT2D eigenvalue weighted by Crippen LogP contribution is 2.32. The molecule has 0 aromatic heterocycles. The highest BCUT2D eigenvalue weighted by Gasteiger charge is 2.23. The summed E-state index contributed by atoms with van der Waals surface area (Å²) in [6.07, 6.45) is 5.26. The standard InChI is InChI=1S/C18H24F2N2O2.ClH/c19-18(20)24-14-5-6-15-13(10-14)2-1-3-16(15)22-17(23)7-4-12-8-9-21-11-12;/h5-6,10,12,16,18,21H,1-4,7-9,11H2,(H,22,23);1H. The fourth-order valence-corrected chi connectivity index (χ4v) is 3.68. The molecule has 1 amide bonds. The molecule has 3 rings (SSSR count). The van der Waals surface area contributed by atoms with E-state index >= 15 is 0 Å². The Kier molecular flexibility index (Phi) is 7.44. The first-order chi connectivity index (χ1) is 11.6. The molecule has 1 aliphatic carbocycles. The summed E-state index contributed by atoms with van der Waals surface area (Å²) >= 11 is 0. The van der Waals surface area contributed by atoms with E-state index < -0.39 is 6.61 Å². The lowest BCUT2D eigenvalue weighted by Gasteiger charge is -2.27. The average molecular weight is 375 g/mol. The number of amides is 1. The van der Waals surface area contributed by atoms with Crippen LogP contribution in [0.1, 0.15) is 49.3 Å². The molecule has 1 aliphatic heterocycles. The number of hydrogen-bond acceptors (Lipinski definition) is 3. The van der Waals surface area contributed by atoms with Crippen molar-refractivity contribution in [2.45, 2.75) is 51.2 Å². The van der Waals surface area contributed by atoms with Crippen molar-refractivity contribution >= 4 is 18.3 Å². The van der Waals surface area contributed by atoms with Crippen LogP contribution < -0.4 is 15.4 Å². The second-order valence-electron chi connectivity index (χ2n) is 6.65. The third kappa shape index (κ3) is 5.54. The van der Waals surface area contributed by atoms with Crippen LogP contribution in [0.3, 0.4) is 0 Å². The molecule has 140 valence electrons. The molecule has 7 heteroatoms. The number of carbonyl (C=O) groups excluding carboxylic acids is 1. The van der Waals surface area contributed by atoms with Gasteiger partial charge in [-0.05, 0) is 74.4 Å². The molecule has 1 heterocycles. The average Bonchev–Trinajstić information content (AvgIpc) is 3.06. The Hall–Kier alpha value is -1.40. The van der Waals surface area contributed by atoms with Crippen LogP contribution >= 0.6 is 12.4 Å². The van der Waals surface area contributed by atoms with Gasteiger partial charge in [0.1, 0.15) is 5.75 Å². The van der Waals surface area contributed by atoms with E-state index in [1.807, 2.05) is 0 Å². The molecule has 0 spiro atoms. The highest BCUT2D eigenvalue weighted by molar-refractivity contribution is 5.85. The molecule has 1 fully saturated rings. The van der Waals surface area contributed by atoms with Crippen LogP contribution in [-0.2, 0) is 11.2 Å². The lowest BCUT2D eigenvalue weighted by Crippen LogP contribution is -2.31. The first-order valence-corrected chi connectivity index (χ1v) is 8.69. The van der Waals surface area contributed by atoms with Gasteiger partial charge in [0.15, 0.2) is 0 Å². The molecule has 1 saturated heterocycles. The molecule has 2 atom stereocenters. The summed E-state index contributed by atoms with van der Waals surface area (Å²) in [5, 5.41) is 6.42. The van der Waals surface area contributed by atoms with Crippen LogP contribution in [0.15, 0.2) is 18.2 Å². The number of carbonyl (C=O) groups is 1. The van der Waals surface area contributed by atoms with Gasteiger partial charge in [-0.3, -0.25) is 4.79 Å². The van der Waals surface area contributed by atoms with E-state index in [1.54, 1.807) is 18.2 Å². The van der Waals surface area contributed by atoms with Gasteiger partial charge in [0.25, 0.3) is 0 Å². The Balaban J connectivity index is 0.00000225. The van der Waals surface area contributed by atoms with Crippen molar-refractivity contribution in [2.24, 2.45) is 5.92 Å². The van der Waals surface area contributed by atoms with E-state index in [9.17, 15) is 13.6 Å². The summed E-state index contributed by atoms with van der Waals surface area (Å²) in [4.78, 5) is 12.2. The number of ether oxygens (including phenoxy) is 1. The molecule has 1 aromatic carbocycles. The summed E-state index contributed by atoms with van der Waals surface area (Å²) in [6.45, 7) is -0.759. The minimum Gasteiger partial charge on any atom is -0.435 e. The number of rotatable bonds is 6. The maximum atomic E-state index is 12.3. The third-order valence-electron chi connectivity index (χ3n) is 4.93. The van der Waals surface area contributed by atoms with Crippen molar-refractivity contribution in [2.75, 3.05) is 13.1 Å². The zero-order valence-corrected chi connectivity index (χ0v) is 14.9. The molecular formula is C18H25ClF2N2O2. The zero-order valence-electron chi connectivity index (χ0n) is 14.1. The second-order valence-corrected chi connectivity index (χ2v) is 6.65. The monoisotopic (exact) mass is 374 g/mol. The first-order valence-electron chi connectivity index (χ1n) is 8.69. The summed E-state index contributed by atoms with van der Waals surface area (Å²) in [5.41, 5.74) is 2.02. The van der Waals surface area contributed by atoms with Crippen molar-refractivity contribution in [1.82, 2.24) is 10.6 Å². The minimum atomic E-state index is -2.81. The number of fused-ring (bicyclic) bond motifs is 1. The number of aryl methyl sites for hydroxylation is 1. The molecular weight excluding hydrogens is 350 g/mol. The van der Waals surface area contributed by atoms with E-state index in [0.717, 1.165) is 56.3 Å². The Morgan fingerprint density at radius 3 is 2.92 bits per heavy atom. The van der Waals surface area contributed by atoms with Crippen LogP contribution in [0, 0.1) is 5.92 Å². The zero-order chi connectivity index (χ0) is 16.9. The fraction of sp³-hybridized carbons (Fsp3) is 0.611. The van der Waals surface area contributed by atoms with Gasteiger partial charge in [-0.1, -0.05) is 6.07 Å². The first kappa shape index (κ1) is 19.9. The molecule has 2 aliphatic rings. The molecule has 1 aromatic rings. The lowest BCUT2D eigenvalue weighted by molar-refractivity contribution is -0.122. The Morgan fingerprint density at radius 1 is 1.36 bits per heavy atom. The van der Waals surface area contributed by atoms with Gasteiger partial charge in [0.2, 0.25) is 5.91 Å². The Morgan fingerprint density at radius 2 is 2.20 bits per heavy atom. The highest BCUT2D eigenvalue weighted by atomic mass is 35.5. The van der Waals surface area contributed by atoms with Crippen LogP contribution in [0.4, 0.5) is 8.78 Å². The largest absolute Gasteiger partial charge is 0.435 e. The summed E-state index contributed by atoms with van der Waals surface area (Å²) < 4.78 is 29.1. The van der Waals surface area contributed by atoms with Gasteiger partial charge in [-0.15, -0.1) is 12.4 Å². The SMILES string of the molecule is Cl.O=C(CCC1CCNC1)NC1CCCc2cc(OC(F)F)ccc21. The van der Waals surface area contributed by atoms with E-state index in [0.29, 0.717) is 12.3 Å². The minimum absolute atomic E-state index is 0. The Labute approximate surface area is 153 Å². The lowest BCUT2D eigenvalue weighted by atomic mass is 9.87. The fourth-order valence-electron chi connectivity index (χ4n) is 3.68. The molecule has 25 heavy (non-hydrogen) atoms. The maximum Gasteiger partial charge on any atom is 0.387 e. The quantitative estimate of drug-likeness (QED) is 0.800. The number of nitrogens with one attached hydrogen (secondary N) is 2. The van der Waals surface area contributed by atoms with Gasteiger partial charge < -0.3 is 15.4 Å². The van der Waals surface area contributed by atoms with Crippen LogP contribution in [0.5, 0.6) is 5.75 Å². The normalized spacial score (nSPS) is 22.2. The summed E-state index contributed by atoms with van der Waals surface area (Å²) in [5.74, 6) is 0.862. The van der Waals surface area contributed by atoms with Crippen molar-refractivity contribution < 1.29 is 18.3 Å². The topological polar surface area (TPSA) is 50.4 Å². The van der Waals surface area contributed by atoms with Crippen molar-refractivity contribution in [3.8, 4) is 5.75 Å². The summed E-state index contributed by atoms with van der Waals surface area (Å²) in [7, 11) is 0. The van der Waals surface area contributed by atoms with Gasteiger partial charge in [0.05, 0.1) is 6.04 Å². The predicted molar refractivity (Wildman–Crippen MR) is 94.4 cm³/mol. The molecule has 2 unspecified atom stereocenters. The molecule has 0 bridgehead atoms. The van der Waals surface area contributed by atoms with E-state index in [1.165, 1.54) is 0 Å². The summed E-state index contributed by atoms with van der Waals surface area (Å²) in [6, 6.07) is 5.00. The number of alkyl halides is 2. The van der Waals surface area contributed by atoms with Crippen LogP contribution in [-0.4, -0.2) is 25.6 Å². The Bertz CT molecular complexity index is 580. The van der Waals surface area contributed by atoms with Gasteiger partial charge in [-0.2, -0.15) is 8.78 Å². The van der Waals surface area contributed by atoms with Crippen molar-refractivity contribution in [3.05, 3.63) is 29.3 Å². The molecule has 0 saturated carbocycles. The van der Waals surface area contributed by atoms with Crippen molar-refractivity contribution in [1.29, 1.82) is 0 Å². The molecule has 4 nitrogen and oxygen atoms in total. The molecule has 2 N–H and O–H groups in total. The number of halogens is 3. The van der Waals surface area contributed by atoms with Crippen LogP contribution in [0.25, 0.3) is 0 Å². The van der Waals surface area contributed by atoms with Gasteiger partial charge in [0, 0.05) is 6.42 Å². The van der Waals surface area contributed by atoms with Crippen molar-refractivity contribution in [3.63, 3.8) is 0 Å². The van der Waals surface area contributed by atoms with E-state index in [2.05, 4.69) is 15.4 Å². The van der Waals surface area contributed by atoms with E-state index in [-0.39, 0.29) is 30.1 Å². The van der Waals surface area contributed by atoms with E-state index in [4.69, 9.17) is 0 Å². The number of hydrogen-bond donors (Lipinski definition) is 2. The molecule has 0 radical (unpaired) electrons. The predicted octanol–water partition coefficient (Wildman–Crippen LogP) is 3.59. The second kappa shape index (κ2) is 9.34. The van der Waals surface area contributed by atoms with Gasteiger partial charge in [-0.25, -0.2) is 0 Å². The van der Waals surface area contributed by atoms with Crippen LogP contribution in [0.2, 0.25) is 0 Å². The maximum absolute atomic E-state index is 12.3. The van der Waals surface area contributed by atoms with Gasteiger partial charge >= 0.3 is 6.61 Å². The third-order valence-corrected chi connectivity index (χ3v) is 4.93. The number of benzene rings is 1. The smallest absolute Gasteiger partial charge is 0.387 e.